The van der Waals surface area contributed by atoms with Crippen LogP contribution >= 0.6 is 0 Å². The van der Waals surface area contributed by atoms with Crippen molar-refractivity contribution < 1.29 is 9.90 Å². The molecule has 5 heteroatoms. The summed E-state index contributed by atoms with van der Waals surface area (Å²) in [4.78, 5) is 18.2. The van der Waals surface area contributed by atoms with Crippen LogP contribution in [0.2, 0.25) is 0 Å². The molecule has 2 aliphatic heterocycles. The second-order valence-corrected chi connectivity index (χ2v) is 11.9. The van der Waals surface area contributed by atoms with Gasteiger partial charge in [-0.1, -0.05) is 55.8 Å². The van der Waals surface area contributed by atoms with Gasteiger partial charge in [-0.25, -0.2) is 0 Å². The molecule has 0 radical (unpaired) electrons. The largest absolute Gasteiger partial charge is 0.508 e. The van der Waals surface area contributed by atoms with E-state index in [1.165, 1.54) is 30.4 Å². The van der Waals surface area contributed by atoms with Gasteiger partial charge in [-0.2, -0.15) is 0 Å². The number of hydrogen-bond acceptors (Lipinski definition) is 4. The summed E-state index contributed by atoms with van der Waals surface area (Å²) < 4.78 is 0. The van der Waals surface area contributed by atoms with Crippen LogP contribution in [0.5, 0.6) is 5.75 Å². The molecule has 4 atom stereocenters. The standard InChI is InChI=1S/C32H45N3O2/c1-25-24-35(18-9-12-26-10-4-2-5-11-26)29-21-28(33-31(37)15-19-34-16-6-3-7-17-34)22-32(25,23-29)27-13-8-14-30(36)20-27/h2,4-5,8,10-11,13-14,20,25,28-29,36H,3,6-7,9,12,15-19,21-24H2,1H3,(H,33,37)/t25-,28+,29+,32+/m1/s1. The fourth-order valence-corrected chi connectivity index (χ4v) is 7.39. The molecule has 2 N–H and O–H groups in total. The average molecular weight is 504 g/mol. The van der Waals surface area contributed by atoms with Gasteiger partial charge in [-0.15, -0.1) is 0 Å². The van der Waals surface area contributed by atoms with Gasteiger partial charge in [0.05, 0.1) is 0 Å². The molecule has 5 nitrogen and oxygen atoms in total. The van der Waals surface area contributed by atoms with E-state index in [1.54, 1.807) is 6.07 Å². The number of fused-ring (bicyclic) bond motifs is 2. The first-order valence-electron chi connectivity index (χ1n) is 14.6. The molecule has 1 saturated carbocycles. The van der Waals surface area contributed by atoms with Crippen LogP contribution in [0.3, 0.4) is 0 Å². The van der Waals surface area contributed by atoms with Gasteiger partial charge >= 0.3 is 0 Å². The summed E-state index contributed by atoms with van der Waals surface area (Å²) in [6.07, 6.45) is 9.78. The molecule has 2 heterocycles. The Labute approximate surface area is 223 Å². The number of carbonyl (C=O) groups is 1. The van der Waals surface area contributed by atoms with Gasteiger partial charge < -0.3 is 15.3 Å². The van der Waals surface area contributed by atoms with Crippen molar-refractivity contribution in [2.75, 3.05) is 32.7 Å². The van der Waals surface area contributed by atoms with Crippen LogP contribution in [-0.4, -0.2) is 65.6 Å². The third-order valence-corrected chi connectivity index (χ3v) is 9.38. The van der Waals surface area contributed by atoms with Crippen molar-refractivity contribution in [3.05, 3.63) is 65.7 Å². The second-order valence-electron chi connectivity index (χ2n) is 11.9. The lowest BCUT2D eigenvalue weighted by atomic mass is 9.57. The van der Waals surface area contributed by atoms with E-state index in [2.05, 4.69) is 58.4 Å². The maximum absolute atomic E-state index is 13.1. The minimum absolute atomic E-state index is 0.0115. The maximum Gasteiger partial charge on any atom is 0.221 e. The molecule has 1 aliphatic carbocycles. The number of likely N-dealkylation sites (tertiary alicyclic amines) is 2. The SMILES string of the molecule is C[C@@H]1CN(CCCc2ccccc2)[C@H]2C[C@H](NC(=O)CCN3CCCCC3)C[C@]1(c1cccc(O)c1)C2. The van der Waals surface area contributed by atoms with Gasteiger partial charge in [0.15, 0.2) is 0 Å². The van der Waals surface area contributed by atoms with Crippen molar-refractivity contribution in [2.45, 2.75) is 82.2 Å². The van der Waals surface area contributed by atoms with Crippen molar-refractivity contribution in [3.63, 3.8) is 0 Å². The lowest BCUT2D eigenvalue weighted by Gasteiger charge is -2.56. The monoisotopic (exact) mass is 503 g/mol. The van der Waals surface area contributed by atoms with E-state index in [1.807, 2.05) is 12.1 Å². The van der Waals surface area contributed by atoms with E-state index in [0.717, 1.165) is 64.8 Å². The summed E-state index contributed by atoms with van der Waals surface area (Å²) in [5.74, 6) is 0.994. The fourth-order valence-electron chi connectivity index (χ4n) is 7.39. The van der Waals surface area contributed by atoms with E-state index in [-0.39, 0.29) is 17.4 Å². The normalized spacial score (nSPS) is 28.6. The highest BCUT2D eigenvalue weighted by Crippen LogP contribution is 2.50. The highest BCUT2D eigenvalue weighted by atomic mass is 16.3. The van der Waals surface area contributed by atoms with E-state index >= 15 is 0 Å². The number of hydrogen-bond donors (Lipinski definition) is 2. The molecular formula is C32H45N3O2. The number of amides is 1. The van der Waals surface area contributed by atoms with Crippen LogP contribution in [0, 0.1) is 5.92 Å². The molecular weight excluding hydrogens is 458 g/mol. The van der Waals surface area contributed by atoms with Gasteiger partial charge in [-0.05, 0) is 93.8 Å². The summed E-state index contributed by atoms with van der Waals surface area (Å²) in [5, 5.41) is 13.8. The van der Waals surface area contributed by atoms with Crippen molar-refractivity contribution in [2.24, 2.45) is 5.92 Å². The average Bonchev–Trinajstić information content (AvgIpc) is 2.91. The van der Waals surface area contributed by atoms with Gasteiger partial charge in [0.1, 0.15) is 5.75 Å². The summed E-state index contributed by atoms with van der Waals surface area (Å²) in [5.41, 5.74) is 2.63. The number of piperidine rings is 2. The zero-order valence-corrected chi connectivity index (χ0v) is 22.6. The fraction of sp³-hybridized carbons (Fsp3) is 0.594. The zero-order valence-electron chi connectivity index (χ0n) is 22.6. The Morgan fingerprint density at radius 3 is 2.62 bits per heavy atom. The topological polar surface area (TPSA) is 55.8 Å². The van der Waals surface area contributed by atoms with Crippen LogP contribution in [0.15, 0.2) is 54.6 Å². The Bertz CT molecular complexity index is 1020. The molecule has 0 unspecified atom stereocenters. The van der Waals surface area contributed by atoms with Crippen LogP contribution in [0.1, 0.15) is 69.4 Å². The molecule has 3 fully saturated rings. The first kappa shape index (κ1) is 26.2. The van der Waals surface area contributed by atoms with E-state index in [9.17, 15) is 9.90 Å². The third kappa shape index (κ3) is 6.38. The molecule has 37 heavy (non-hydrogen) atoms. The predicted molar refractivity (Wildman–Crippen MR) is 150 cm³/mol. The Hall–Kier alpha value is -2.37. The van der Waals surface area contributed by atoms with Crippen LogP contribution in [0.4, 0.5) is 0 Å². The van der Waals surface area contributed by atoms with Crippen molar-refractivity contribution in [1.29, 1.82) is 0 Å². The molecule has 2 bridgehead atoms. The maximum atomic E-state index is 13.1. The van der Waals surface area contributed by atoms with Gasteiger partial charge in [0.2, 0.25) is 5.91 Å². The Morgan fingerprint density at radius 1 is 1.03 bits per heavy atom. The molecule has 2 saturated heterocycles. The van der Waals surface area contributed by atoms with Crippen molar-refractivity contribution >= 4 is 5.91 Å². The number of benzene rings is 2. The van der Waals surface area contributed by atoms with Crippen LogP contribution in [0.25, 0.3) is 0 Å². The Balaban J connectivity index is 1.27. The third-order valence-electron chi connectivity index (χ3n) is 9.38. The molecule has 3 aliphatic rings. The molecule has 2 aromatic carbocycles. The van der Waals surface area contributed by atoms with E-state index < -0.39 is 0 Å². The number of nitrogens with one attached hydrogen (secondary N) is 1. The summed E-state index contributed by atoms with van der Waals surface area (Å²) in [6.45, 7) is 7.69. The second kappa shape index (κ2) is 12.0. The first-order chi connectivity index (χ1) is 18.0. The number of aryl methyl sites for hydroxylation is 1. The Morgan fingerprint density at radius 2 is 1.84 bits per heavy atom. The number of phenolic OH excluding ortho intramolecular Hbond substituents is 1. The number of rotatable bonds is 9. The Kier molecular flexibility index (Phi) is 8.51. The van der Waals surface area contributed by atoms with Crippen LogP contribution in [-0.2, 0) is 16.6 Å². The summed E-state index contributed by atoms with van der Waals surface area (Å²) >= 11 is 0. The van der Waals surface area contributed by atoms with Gasteiger partial charge in [0.25, 0.3) is 0 Å². The minimum atomic E-state index is -0.0115. The quantitative estimate of drug-likeness (QED) is 0.498. The van der Waals surface area contributed by atoms with Gasteiger partial charge in [-0.3, -0.25) is 9.69 Å². The molecule has 1 amide bonds. The molecule has 200 valence electrons. The van der Waals surface area contributed by atoms with Gasteiger partial charge in [0, 0.05) is 37.0 Å². The predicted octanol–water partition coefficient (Wildman–Crippen LogP) is 5.13. The molecule has 2 aromatic rings. The van der Waals surface area contributed by atoms with Crippen molar-refractivity contribution in [3.8, 4) is 5.75 Å². The molecule has 5 rings (SSSR count). The van der Waals surface area contributed by atoms with Crippen molar-refractivity contribution in [1.82, 2.24) is 15.1 Å². The smallest absolute Gasteiger partial charge is 0.221 e. The summed E-state index contributed by atoms with van der Waals surface area (Å²) in [6, 6.07) is 19.3. The number of carbonyl (C=O) groups excluding carboxylic acids is 1. The lowest BCUT2D eigenvalue weighted by molar-refractivity contribution is -0.123. The van der Waals surface area contributed by atoms with E-state index in [0.29, 0.717) is 24.1 Å². The first-order valence-corrected chi connectivity index (χ1v) is 14.6. The summed E-state index contributed by atoms with van der Waals surface area (Å²) in [7, 11) is 0. The highest BCUT2D eigenvalue weighted by Gasteiger charge is 2.51. The number of nitrogens with zero attached hydrogens (tertiary/aromatic N) is 2. The zero-order chi connectivity index (χ0) is 25.7. The molecule has 0 spiro atoms. The number of phenols is 1. The minimum Gasteiger partial charge on any atom is -0.508 e. The van der Waals surface area contributed by atoms with E-state index in [4.69, 9.17) is 0 Å². The molecule has 0 aromatic heterocycles. The van der Waals surface area contributed by atoms with Crippen LogP contribution < -0.4 is 5.32 Å². The highest BCUT2D eigenvalue weighted by molar-refractivity contribution is 5.76. The lowest BCUT2D eigenvalue weighted by Crippen LogP contribution is -2.61. The number of aromatic hydroxyl groups is 1.